The summed E-state index contributed by atoms with van der Waals surface area (Å²) in [5, 5.41) is 2.87. The summed E-state index contributed by atoms with van der Waals surface area (Å²) < 4.78 is 5.46. The van der Waals surface area contributed by atoms with Crippen LogP contribution in [0.25, 0.3) is 0 Å². The van der Waals surface area contributed by atoms with Crippen molar-refractivity contribution in [1.29, 1.82) is 0 Å². The molecule has 22 heavy (non-hydrogen) atoms. The van der Waals surface area contributed by atoms with Crippen LogP contribution in [-0.4, -0.2) is 47.5 Å². The van der Waals surface area contributed by atoms with Crippen molar-refractivity contribution in [1.82, 2.24) is 15.2 Å². The molecule has 0 saturated carbocycles. The third kappa shape index (κ3) is 5.44. The lowest BCUT2D eigenvalue weighted by Gasteiger charge is -2.20. The Morgan fingerprint density at radius 1 is 1.45 bits per heavy atom. The quantitative estimate of drug-likeness (QED) is 0.819. The first-order valence-electron chi connectivity index (χ1n) is 7.69. The number of hydrogen-bond donors (Lipinski definition) is 1. The average Bonchev–Trinajstić information content (AvgIpc) is 3.03. The van der Waals surface area contributed by atoms with Gasteiger partial charge in [-0.05, 0) is 25.0 Å². The molecule has 1 atom stereocenters. The Balaban J connectivity index is 1.73. The summed E-state index contributed by atoms with van der Waals surface area (Å²) >= 11 is 0. The molecule has 6 nitrogen and oxygen atoms in total. The van der Waals surface area contributed by atoms with Crippen molar-refractivity contribution < 1.29 is 14.3 Å². The minimum atomic E-state index is -0.0578. The Morgan fingerprint density at radius 2 is 2.32 bits per heavy atom. The van der Waals surface area contributed by atoms with Crippen molar-refractivity contribution in [2.45, 2.75) is 38.8 Å². The molecule has 0 aliphatic carbocycles. The molecule has 0 spiro atoms. The number of nitrogens with one attached hydrogen (secondary N) is 1. The zero-order chi connectivity index (χ0) is 15.8. The van der Waals surface area contributed by atoms with Crippen molar-refractivity contribution in [3.05, 3.63) is 30.1 Å². The van der Waals surface area contributed by atoms with Gasteiger partial charge in [-0.25, -0.2) is 0 Å². The molecule has 120 valence electrons. The van der Waals surface area contributed by atoms with Crippen molar-refractivity contribution in [3.63, 3.8) is 0 Å². The molecule has 1 N–H and O–H groups in total. The summed E-state index contributed by atoms with van der Waals surface area (Å²) in [6, 6.07) is 5.59. The number of rotatable bonds is 7. The van der Waals surface area contributed by atoms with E-state index >= 15 is 0 Å². The van der Waals surface area contributed by atoms with Gasteiger partial charge < -0.3 is 15.0 Å². The molecule has 6 heteroatoms. The van der Waals surface area contributed by atoms with Crippen LogP contribution in [0.4, 0.5) is 0 Å². The van der Waals surface area contributed by atoms with Crippen LogP contribution >= 0.6 is 0 Å². The van der Waals surface area contributed by atoms with Crippen LogP contribution in [0.15, 0.2) is 24.4 Å². The van der Waals surface area contributed by atoms with E-state index in [0.29, 0.717) is 26.1 Å². The molecule has 0 aromatic carbocycles. The molecule has 1 aromatic rings. The zero-order valence-corrected chi connectivity index (χ0v) is 13.0. The summed E-state index contributed by atoms with van der Waals surface area (Å²) in [5.74, 6) is -0.111. The predicted octanol–water partition coefficient (Wildman–Crippen LogP) is 1.12. The SMILES string of the molecule is CC(=O)N(CCC(=O)NCC1CCCO1)Cc1ccccn1. The molecule has 0 radical (unpaired) electrons. The Bertz CT molecular complexity index is 487. The summed E-state index contributed by atoms with van der Waals surface area (Å²) in [7, 11) is 0. The molecular formula is C16H23N3O3. The van der Waals surface area contributed by atoms with Crippen molar-refractivity contribution in [3.8, 4) is 0 Å². The van der Waals surface area contributed by atoms with Gasteiger partial charge in [-0.1, -0.05) is 6.07 Å². The van der Waals surface area contributed by atoms with Crippen LogP contribution in [-0.2, 0) is 20.9 Å². The summed E-state index contributed by atoms with van der Waals surface area (Å²) in [6.07, 6.45) is 4.19. The first-order valence-corrected chi connectivity index (χ1v) is 7.69. The second-order valence-corrected chi connectivity index (χ2v) is 5.45. The standard InChI is InChI=1S/C16H23N3O3/c1-13(20)19(12-14-5-2-3-8-17-14)9-7-16(21)18-11-15-6-4-10-22-15/h2-3,5,8,15H,4,6-7,9-12H2,1H3,(H,18,21). The Hall–Kier alpha value is -1.95. The topological polar surface area (TPSA) is 71.5 Å². The van der Waals surface area contributed by atoms with Crippen LogP contribution in [0.3, 0.4) is 0 Å². The largest absolute Gasteiger partial charge is 0.376 e. The predicted molar refractivity (Wildman–Crippen MR) is 81.9 cm³/mol. The van der Waals surface area contributed by atoms with Crippen molar-refractivity contribution in [2.24, 2.45) is 0 Å². The Labute approximate surface area is 130 Å². The van der Waals surface area contributed by atoms with Gasteiger partial charge in [0.15, 0.2) is 0 Å². The minimum absolute atomic E-state index is 0.0530. The maximum atomic E-state index is 11.9. The molecule has 2 amide bonds. The van der Waals surface area contributed by atoms with Gasteiger partial charge in [-0.15, -0.1) is 0 Å². The fraction of sp³-hybridized carbons (Fsp3) is 0.562. The van der Waals surface area contributed by atoms with E-state index in [0.717, 1.165) is 25.1 Å². The summed E-state index contributed by atoms with van der Waals surface area (Å²) in [4.78, 5) is 29.4. The number of aromatic nitrogens is 1. The van der Waals surface area contributed by atoms with E-state index in [9.17, 15) is 9.59 Å². The van der Waals surface area contributed by atoms with Crippen molar-refractivity contribution in [2.75, 3.05) is 19.7 Å². The number of amides is 2. The monoisotopic (exact) mass is 305 g/mol. The summed E-state index contributed by atoms with van der Waals surface area (Å²) in [6.45, 7) is 3.66. The highest BCUT2D eigenvalue weighted by molar-refractivity contribution is 5.78. The maximum Gasteiger partial charge on any atom is 0.221 e. The van der Waals surface area contributed by atoms with Crippen LogP contribution in [0.5, 0.6) is 0 Å². The van der Waals surface area contributed by atoms with Gasteiger partial charge in [-0.2, -0.15) is 0 Å². The molecule has 1 aromatic heterocycles. The lowest BCUT2D eigenvalue weighted by Crippen LogP contribution is -2.36. The van der Waals surface area contributed by atoms with Gasteiger partial charge in [0.05, 0.1) is 18.3 Å². The van der Waals surface area contributed by atoms with Crippen molar-refractivity contribution >= 4 is 11.8 Å². The Kier molecular flexibility index (Phi) is 6.33. The highest BCUT2D eigenvalue weighted by atomic mass is 16.5. The highest BCUT2D eigenvalue weighted by Crippen LogP contribution is 2.10. The number of carbonyl (C=O) groups excluding carboxylic acids is 2. The number of carbonyl (C=O) groups is 2. The van der Waals surface area contributed by atoms with Gasteiger partial charge in [-0.3, -0.25) is 14.6 Å². The van der Waals surface area contributed by atoms with E-state index in [1.165, 1.54) is 6.92 Å². The van der Waals surface area contributed by atoms with Crippen LogP contribution < -0.4 is 5.32 Å². The minimum Gasteiger partial charge on any atom is -0.376 e. The first-order chi connectivity index (χ1) is 10.6. The third-order valence-electron chi connectivity index (χ3n) is 3.68. The van der Waals surface area contributed by atoms with Gasteiger partial charge >= 0.3 is 0 Å². The fourth-order valence-electron chi connectivity index (χ4n) is 2.39. The third-order valence-corrected chi connectivity index (χ3v) is 3.68. The lowest BCUT2D eigenvalue weighted by molar-refractivity contribution is -0.130. The molecular weight excluding hydrogens is 282 g/mol. The number of pyridine rings is 1. The van der Waals surface area contributed by atoms with E-state index in [4.69, 9.17) is 4.74 Å². The lowest BCUT2D eigenvalue weighted by atomic mass is 10.2. The molecule has 1 fully saturated rings. The van der Waals surface area contributed by atoms with Gasteiger partial charge in [0, 0.05) is 39.2 Å². The molecule has 2 rings (SSSR count). The molecule has 1 unspecified atom stereocenters. The smallest absolute Gasteiger partial charge is 0.221 e. The highest BCUT2D eigenvalue weighted by Gasteiger charge is 2.17. The second kappa shape index (κ2) is 8.48. The average molecular weight is 305 g/mol. The normalized spacial score (nSPS) is 17.2. The molecule has 1 aliphatic heterocycles. The summed E-state index contributed by atoms with van der Waals surface area (Å²) in [5.41, 5.74) is 0.817. The van der Waals surface area contributed by atoms with E-state index < -0.39 is 0 Å². The van der Waals surface area contributed by atoms with Gasteiger partial charge in [0.2, 0.25) is 11.8 Å². The molecule has 0 bridgehead atoms. The van der Waals surface area contributed by atoms with E-state index in [-0.39, 0.29) is 17.9 Å². The molecule has 1 saturated heterocycles. The number of ether oxygens (including phenoxy) is 1. The zero-order valence-electron chi connectivity index (χ0n) is 13.0. The van der Waals surface area contributed by atoms with E-state index in [2.05, 4.69) is 10.3 Å². The van der Waals surface area contributed by atoms with Gasteiger partial charge in [0.25, 0.3) is 0 Å². The number of hydrogen-bond acceptors (Lipinski definition) is 4. The number of nitrogens with zero attached hydrogens (tertiary/aromatic N) is 2. The van der Waals surface area contributed by atoms with Gasteiger partial charge in [0.1, 0.15) is 0 Å². The molecule has 2 heterocycles. The fourth-order valence-corrected chi connectivity index (χ4v) is 2.39. The maximum absolute atomic E-state index is 11.9. The van der Waals surface area contributed by atoms with Crippen LogP contribution in [0.1, 0.15) is 31.9 Å². The van der Waals surface area contributed by atoms with Crippen LogP contribution in [0.2, 0.25) is 0 Å². The van der Waals surface area contributed by atoms with E-state index in [1.54, 1.807) is 11.1 Å². The second-order valence-electron chi connectivity index (χ2n) is 5.45. The van der Waals surface area contributed by atoms with E-state index in [1.807, 2.05) is 18.2 Å². The van der Waals surface area contributed by atoms with Crippen LogP contribution in [0, 0.1) is 0 Å². The first kappa shape index (κ1) is 16.4. The molecule has 1 aliphatic rings. The Morgan fingerprint density at radius 3 is 2.95 bits per heavy atom.